The third-order valence-corrected chi connectivity index (χ3v) is 6.01. The Morgan fingerprint density at radius 2 is 1.25 bits per heavy atom. The van der Waals surface area contributed by atoms with Gasteiger partial charge in [-0.15, -0.1) is 0 Å². The molecule has 0 aliphatic heterocycles. The van der Waals surface area contributed by atoms with Gasteiger partial charge in [-0.25, -0.2) is 0 Å². The quantitative estimate of drug-likeness (QED) is 0.469. The van der Waals surface area contributed by atoms with Crippen molar-refractivity contribution < 1.29 is 0 Å². The molecule has 0 spiro atoms. The highest BCUT2D eigenvalue weighted by Crippen LogP contribution is 2.56. The van der Waals surface area contributed by atoms with Crippen molar-refractivity contribution in [2.45, 2.75) is 46.0 Å². The highest BCUT2D eigenvalue weighted by atomic mass is 14.6. The fraction of sp³-hybridized carbons (Fsp3) is 0.333. The summed E-state index contributed by atoms with van der Waals surface area (Å²) in [6, 6.07) is 24.3. The van der Waals surface area contributed by atoms with Crippen LogP contribution < -0.4 is 5.73 Å². The molecule has 0 heterocycles. The molecule has 1 aliphatic carbocycles. The van der Waals surface area contributed by atoms with E-state index in [1.807, 2.05) is 0 Å². The number of nitrogens with two attached hydrogens (primary N) is 1. The van der Waals surface area contributed by atoms with Crippen molar-refractivity contribution in [3.8, 4) is 22.3 Å². The molecule has 1 aliphatic rings. The number of nitrogen functional groups attached to an aromatic ring is 1. The number of hydrogen-bond acceptors (Lipinski definition) is 1. The van der Waals surface area contributed by atoms with Crippen molar-refractivity contribution in [3.05, 3.63) is 77.9 Å². The summed E-state index contributed by atoms with van der Waals surface area (Å²) in [6.07, 6.45) is 2.29. The third-order valence-electron chi connectivity index (χ3n) is 6.01. The van der Waals surface area contributed by atoms with Gasteiger partial charge in [-0.1, -0.05) is 76.2 Å². The first kappa shape index (κ1) is 18.8. The van der Waals surface area contributed by atoms with Crippen molar-refractivity contribution in [2.75, 3.05) is 5.73 Å². The Kier molecular flexibility index (Phi) is 4.79. The molecule has 0 atom stereocenters. The van der Waals surface area contributed by atoms with E-state index in [-0.39, 0.29) is 5.41 Å². The molecule has 0 bridgehead atoms. The molecule has 1 heteroatoms. The van der Waals surface area contributed by atoms with E-state index in [1.54, 1.807) is 0 Å². The van der Waals surface area contributed by atoms with Crippen LogP contribution >= 0.6 is 0 Å². The van der Waals surface area contributed by atoms with Crippen LogP contribution in [0.5, 0.6) is 0 Å². The zero-order valence-electron chi connectivity index (χ0n) is 17.5. The van der Waals surface area contributed by atoms with Gasteiger partial charge in [0.25, 0.3) is 0 Å². The molecule has 1 nitrogen and oxygen atoms in total. The van der Waals surface area contributed by atoms with E-state index in [1.165, 1.54) is 33.4 Å². The van der Waals surface area contributed by atoms with Crippen LogP contribution in [0.1, 0.15) is 51.7 Å². The van der Waals surface area contributed by atoms with E-state index in [9.17, 15) is 0 Å². The van der Waals surface area contributed by atoms with E-state index in [0.717, 1.165) is 18.5 Å². The van der Waals surface area contributed by atoms with Crippen LogP contribution in [0.25, 0.3) is 22.3 Å². The normalized spacial score (nSPS) is 14.4. The molecule has 28 heavy (non-hydrogen) atoms. The van der Waals surface area contributed by atoms with Crippen LogP contribution in [0.3, 0.4) is 0 Å². The van der Waals surface area contributed by atoms with Crippen molar-refractivity contribution in [3.63, 3.8) is 0 Å². The number of anilines is 1. The van der Waals surface area contributed by atoms with Crippen LogP contribution in [-0.2, 0) is 5.41 Å². The van der Waals surface area contributed by atoms with Gasteiger partial charge in [0.2, 0.25) is 0 Å². The lowest BCUT2D eigenvalue weighted by Gasteiger charge is -2.36. The Morgan fingerprint density at radius 3 is 1.86 bits per heavy atom. The maximum Gasteiger partial charge on any atom is 0.0317 e. The lowest BCUT2D eigenvalue weighted by Crippen LogP contribution is -2.29. The minimum atomic E-state index is 0.0349. The minimum Gasteiger partial charge on any atom is -0.399 e. The zero-order valence-corrected chi connectivity index (χ0v) is 17.5. The first-order valence-corrected chi connectivity index (χ1v) is 10.5. The molecule has 4 rings (SSSR count). The van der Waals surface area contributed by atoms with E-state index in [4.69, 9.17) is 5.73 Å². The first-order valence-electron chi connectivity index (χ1n) is 10.5. The Balaban J connectivity index is 1.98. The summed E-state index contributed by atoms with van der Waals surface area (Å²) < 4.78 is 0. The standard InChI is InChI=1S/C27H31N/c1-18(2)16-27(17-19(3)4)25-14-21(20-8-6-5-7-9-20)10-12-23(25)24-13-11-22(28)15-26(24)27/h5-15,18-19H,16-17,28H2,1-4H3. The molecular formula is C27H31N. The summed E-state index contributed by atoms with van der Waals surface area (Å²) in [6.45, 7) is 9.36. The monoisotopic (exact) mass is 369 g/mol. The minimum absolute atomic E-state index is 0.0349. The van der Waals surface area contributed by atoms with Gasteiger partial charge in [0.1, 0.15) is 0 Å². The van der Waals surface area contributed by atoms with Crippen molar-refractivity contribution in [1.82, 2.24) is 0 Å². The zero-order chi connectivity index (χ0) is 19.9. The average molecular weight is 370 g/mol. The molecule has 0 unspecified atom stereocenters. The van der Waals surface area contributed by atoms with Crippen LogP contribution in [0.2, 0.25) is 0 Å². The lowest BCUT2D eigenvalue weighted by atomic mass is 9.67. The third kappa shape index (κ3) is 3.13. The fourth-order valence-corrected chi connectivity index (χ4v) is 5.24. The molecule has 0 radical (unpaired) electrons. The van der Waals surface area contributed by atoms with Gasteiger partial charge in [-0.3, -0.25) is 0 Å². The molecule has 3 aromatic rings. The van der Waals surface area contributed by atoms with Gasteiger partial charge in [0.05, 0.1) is 0 Å². The van der Waals surface area contributed by atoms with Crippen LogP contribution in [0, 0.1) is 11.8 Å². The maximum absolute atomic E-state index is 6.27. The van der Waals surface area contributed by atoms with Crippen LogP contribution in [0.4, 0.5) is 5.69 Å². The lowest BCUT2D eigenvalue weighted by molar-refractivity contribution is 0.337. The molecule has 0 amide bonds. The van der Waals surface area contributed by atoms with Gasteiger partial charge < -0.3 is 5.73 Å². The Hall–Kier alpha value is -2.54. The maximum atomic E-state index is 6.27. The molecule has 3 aromatic carbocycles. The molecule has 2 N–H and O–H groups in total. The molecule has 0 fully saturated rings. The number of hydrogen-bond donors (Lipinski definition) is 1. The van der Waals surface area contributed by atoms with Crippen molar-refractivity contribution in [2.24, 2.45) is 11.8 Å². The molecule has 144 valence electrons. The Morgan fingerprint density at radius 1 is 0.679 bits per heavy atom. The van der Waals surface area contributed by atoms with Gasteiger partial charge >= 0.3 is 0 Å². The summed E-state index contributed by atoms with van der Waals surface area (Å²) in [7, 11) is 0. The topological polar surface area (TPSA) is 26.0 Å². The highest BCUT2D eigenvalue weighted by molar-refractivity contribution is 5.85. The molecule has 0 saturated heterocycles. The molecular weight excluding hydrogens is 338 g/mol. The largest absolute Gasteiger partial charge is 0.399 e. The van der Waals surface area contributed by atoms with Crippen molar-refractivity contribution >= 4 is 5.69 Å². The smallest absolute Gasteiger partial charge is 0.0317 e. The second-order valence-corrected chi connectivity index (χ2v) is 9.21. The van der Waals surface area contributed by atoms with Gasteiger partial charge in [-0.2, -0.15) is 0 Å². The fourth-order valence-electron chi connectivity index (χ4n) is 5.24. The number of fused-ring (bicyclic) bond motifs is 3. The Labute approximate surface area is 169 Å². The number of benzene rings is 3. The van der Waals surface area contributed by atoms with Gasteiger partial charge in [-0.05, 0) is 76.3 Å². The second kappa shape index (κ2) is 7.13. The van der Waals surface area contributed by atoms with E-state index in [2.05, 4.69) is 94.4 Å². The summed E-state index contributed by atoms with van der Waals surface area (Å²) in [5.74, 6) is 1.22. The molecule has 0 saturated carbocycles. The van der Waals surface area contributed by atoms with Crippen molar-refractivity contribution in [1.29, 1.82) is 0 Å². The summed E-state index contributed by atoms with van der Waals surface area (Å²) in [5, 5.41) is 0. The SMILES string of the molecule is CC(C)CC1(CC(C)C)c2cc(N)ccc2-c2ccc(-c3ccccc3)cc21. The predicted octanol–water partition coefficient (Wildman–Crippen LogP) is 7.29. The summed E-state index contributed by atoms with van der Waals surface area (Å²) in [4.78, 5) is 0. The second-order valence-electron chi connectivity index (χ2n) is 9.21. The number of rotatable bonds is 5. The van der Waals surface area contributed by atoms with E-state index >= 15 is 0 Å². The summed E-state index contributed by atoms with van der Waals surface area (Å²) >= 11 is 0. The van der Waals surface area contributed by atoms with Gasteiger partial charge in [0.15, 0.2) is 0 Å². The van der Waals surface area contributed by atoms with Gasteiger partial charge in [0, 0.05) is 11.1 Å². The van der Waals surface area contributed by atoms with Crippen LogP contribution in [0.15, 0.2) is 66.7 Å². The predicted molar refractivity (Wildman–Crippen MR) is 121 cm³/mol. The summed E-state index contributed by atoms with van der Waals surface area (Å²) in [5.41, 5.74) is 15.4. The first-order chi connectivity index (χ1) is 13.4. The van der Waals surface area contributed by atoms with E-state index < -0.39 is 0 Å². The average Bonchev–Trinajstić information content (AvgIpc) is 2.90. The highest BCUT2D eigenvalue weighted by Gasteiger charge is 2.44. The van der Waals surface area contributed by atoms with E-state index in [0.29, 0.717) is 11.8 Å². The Bertz CT molecular complexity index is 972. The molecule has 0 aromatic heterocycles. The van der Waals surface area contributed by atoms with Crippen LogP contribution in [-0.4, -0.2) is 0 Å².